The van der Waals surface area contributed by atoms with E-state index >= 15 is 0 Å². The number of hydrogen-bond donors (Lipinski definition) is 0. The van der Waals surface area contributed by atoms with Crippen LogP contribution in [0.3, 0.4) is 0 Å². The molecule has 0 saturated heterocycles. The monoisotopic (exact) mass is 641 g/mol. The Balaban J connectivity index is 1.25. The number of rotatable bonds is 4. The second-order valence-corrected chi connectivity index (χ2v) is 12.9. The van der Waals surface area contributed by atoms with E-state index in [0.717, 1.165) is 85.7 Å². The van der Waals surface area contributed by atoms with Crippen LogP contribution in [-0.4, -0.2) is 9.97 Å². The van der Waals surface area contributed by atoms with Gasteiger partial charge in [-0.2, -0.15) is 0 Å². The van der Waals surface area contributed by atoms with Crippen molar-refractivity contribution in [2.45, 2.75) is 12.8 Å². The minimum absolute atomic E-state index is 0.672. The van der Waals surface area contributed by atoms with Crippen molar-refractivity contribution < 1.29 is 4.42 Å². The van der Waals surface area contributed by atoms with E-state index in [1.807, 2.05) is 24.3 Å². The molecule has 50 heavy (non-hydrogen) atoms. The standard InChI is InChI=1S/C46H31N3O/c1-3-13-30(14-4-1)31-23-25-33(26-24-31)38-29-42(48-46(47-38)34-16-5-2-6-17-34)49-39-21-11-9-19-36(39)45-44(37-20-10-12-22-41(37)50-45)43-35-18-8-7-15-32(35)27-28-40(43)49/h2-3,5-29H,1,4H2. The molecule has 0 N–H and O–H groups in total. The molecule has 8 aromatic rings. The van der Waals surface area contributed by atoms with E-state index in [-0.39, 0.29) is 0 Å². The van der Waals surface area contributed by atoms with Crippen molar-refractivity contribution in [1.82, 2.24) is 9.97 Å². The molecule has 0 atom stereocenters. The molecule has 0 bridgehead atoms. The number of fused-ring (bicyclic) bond motifs is 9. The molecule has 0 amide bonds. The molecule has 3 heterocycles. The highest BCUT2D eigenvalue weighted by molar-refractivity contribution is 6.17. The zero-order chi connectivity index (χ0) is 33.0. The maximum atomic E-state index is 6.77. The lowest BCUT2D eigenvalue weighted by Crippen LogP contribution is -2.14. The van der Waals surface area contributed by atoms with E-state index in [1.54, 1.807) is 0 Å². The van der Waals surface area contributed by atoms with Crippen LogP contribution in [0.5, 0.6) is 0 Å². The van der Waals surface area contributed by atoms with Crippen molar-refractivity contribution in [1.29, 1.82) is 0 Å². The van der Waals surface area contributed by atoms with Crippen LogP contribution >= 0.6 is 0 Å². The number of allylic oxidation sites excluding steroid dienone is 4. The third-order valence-electron chi connectivity index (χ3n) is 9.87. The maximum Gasteiger partial charge on any atom is 0.162 e. The summed E-state index contributed by atoms with van der Waals surface area (Å²) in [6.45, 7) is 0. The van der Waals surface area contributed by atoms with Crippen molar-refractivity contribution in [2.75, 3.05) is 4.90 Å². The first kappa shape index (κ1) is 28.5. The predicted molar refractivity (Wildman–Crippen MR) is 206 cm³/mol. The molecule has 0 fully saturated rings. The summed E-state index contributed by atoms with van der Waals surface area (Å²) in [5.74, 6) is 2.32. The smallest absolute Gasteiger partial charge is 0.162 e. The third-order valence-corrected chi connectivity index (χ3v) is 9.87. The molecule has 2 aliphatic rings. The normalized spacial score (nSPS) is 13.4. The number of nitrogens with zero attached hydrogens (tertiary/aromatic N) is 3. The van der Waals surface area contributed by atoms with Crippen LogP contribution in [0.15, 0.2) is 168 Å². The van der Waals surface area contributed by atoms with Crippen molar-refractivity contribution >= 4 is 44.5 Å². The van der Waals surface area contributed by atoms with Crippen LogP contribution in [-0.2, 0) is 0 Å². The number of aromatic nitrogens is 2. The highest BCUT2D eigenvalue weighted by Gasteiger charge is 2.32. The second-order valence-electron chi connectivity index (χ2n) is 12.9. The molecule has 0 spiro atoms. The highest BCUT2D eigenvalue weighted by atomic mass is 16.3. The Morgan fingerprint density at radius 3 is 2.18 bits per heavy atom. The van der Waals surface area contributed by atoms with Crippen LogP contribution in [0.1, 0.15) is 18.4 Å². The Morgan fingerprint density at radius 2 is 1.32 bits per heavy atom. The lowest BCUT2D eigenvalue weighted by Gasteiger charge is -2.27. The van der Waals surface area contributed by atoms with Gasteiger partial charge in [-0.05, 0) is 59.0 Å². The molecule has 0 saturated carbocycles. The van der Waals surface area contributed by atoms with Crippen LogP contribution in [0.25, 0.3) is 72.4 Å². The number of benzene rings is 6. The molecular weight excluding hydrogens is 611 g/mol. The van der Waals surface area contributed by atoms with E-state index in [9.17, 15) is 0 Å². The van der Waals surface area contributed by atoms with Gasteiger partial charge in [0.25, 0.3) is 0 Å². The lowest BCUT2D eigenvalue weighted by molar-refractivity contribution is 0.633. The van der Waals surface area contributed by atoms with E-state index in [4.69, 9.17) is 14.4 Å². The average molecular weight is 642 g/mol. The van der Waals surface area contributed by atoms with Crippen LogP contribution in [0, 0.1) is 0 Å². The summed E-state index contributed by atoms with van der Waals surface area (Å²) in [6, 6.07) is 51.1. The molecule has 236 valence electrons. The summed E-state index contributed by atoms with van der Waals surface area (Å²) >= 11 is 0. The molecule has 4 heteroatoms. The van der Waals surface area contributed by atoms with Gasteiger partial charge in [0.05, 0.1) is 17.1 Å². The van der Waals surface area contributed by atoms with Gasteiger partial charge in [0.15, 0.2) is 5.82 Å². The van der Waals surface area contributed by atoms with Crippen LogP contribution in [0.2, 0.25) is 0 Å². The topological polar surface area (TPSA) is 42.2 Å². The van der Waals surface area contributed by atoms with Gasteiger partial charge in [-0.15, -0.1) is 0 Å². The highest BCUT2D eigenvalue weighted by Crippen LogP contribution is 2.55. The number of anilines is 3. The minimum Gasteiger partial charge on any atom is -0.455 e. The zero-order valence-electron chi connectivity index (χ0n) is 27.3. The van der Waals surface area contributed by atoms with E-state index in [2.05, 4.69) is 144 Å². The SMILES string of the molecule is C1=CC(c2ccc(-c3cc(N4c5ccccc5-c5oc6ccccc6c5-c5c4ccc4ccccc54)nc(-c4ccccc4)n3)cc2)=CCC1. The number of para-hydroxylation sites is 2. The van der Waals surface area contributed by atoms with Crippen molar-refractivity contribution in [3.63, 3.8) is 0 Å². The number of furan rings is 1. The first-order chi connectivity index (χ1) is 24.8. The summed E-state index contributed by atoms with van der Waals surface area (Å²) in [5, 5.41) is 3.42. The predicted octanol–water partition coefficient (Wildman–Crippen LogP) is 12.6. The summed E-state index contributed by atoms with van der Waals surface area (Å²) < 4.78 is 6.77. The molecule has 0 unspecified atom stereocenters. The summed E-state index contributed by atoms with van der Waals surface area (Å²) in [6.07, 6.45) is 8.97. The van der Waals surface area contributed by atoms with Crippen molar-refractivity contribution in [2.24, 2.45) is 0 Å². The zero-order valence-corrected chi connectivity index (χ0v) is 27.3. The fourth-order valence-electron chi connectivity index (χ4n) is 7.50. The fraction of sp³-hybridized carbons (Fsp3) is 0.0435. The van der Waals surface area contributed by atoms with Gasteiger partial charge in [-0.3, -0.25) is 4.90 Å². The Hall–Kier alpha value is -6.52. The molecule has 6 aromatic carbocycles. The van der Waals surface area contributed by atoms with Crippen molar-refractivity contribution in [3.05, 3.63) is 169 Å². The van der Waals surface area contributed by atoms with Gasteiger partial charge in [0.1, 0.15) is 17.2 Å². The van der Waals surface area contributed by atoms with Crippen LogP contribution in [0.4, 0.5) is 17.2 Å². The summed E-state index contributed by atoms with van der Waals surface area (Å²) in [4.78, 5) is 12.8. The van der Waals surface area contributed by atoms with E-state index in [0.29, 0.717) is 5.82 Å². The molecule has 1 aliphatic heterocycles. The first-order valence-electron chi connectivity index (χ1n) is 17.2. The lowest BCUT2D eigenvalue weighted by atomic mass is 9.93. The van der Waals surface area contributed by atoms with Gasteiger partial charge in [-0.1, -0.05) is 133 Å². The molecule has 1 aliphatic carbocycles. The molecular formula is C46H31N3O. The Bertz CT molecular complexity index is 2650. The maximum absolute atomic E-state index is 6.77. The third kappa shape index (κ3) is 4.61. The minimum atomic E-state index is 0.672. The molecule has 10 rings (SSSR count). The molecule has 0 radical (unpaired) electrons. The van der Waals surface area contributed by atoms with Crippen molar-refractivity contribution in [3.8, 4) is 45.1 Å². The van der Waals surface area contributed by atoms with E-state index in [1.165, 1.54) is 16.5 Å². The largest absolute Gasteiger partial charge is 0.455 e. The Labute approximate surface area is 290 Å². The van der Waals surface area contributed by atoms with Gasteiger partial charge in [0.2, 0.25) is 0 Å². The van der Waals surface area contributed by atoms with Gasteiger partial charge >= 0.3 is 0 Å². The van der Waals surface area contributed by atoms with E-state index < -0.39 is 0 Å². The van der Waals surface area contributed by atoms with Gasteiger partial charge in [-0.25, -0.2) is 9.97 Å². The summed E-state index contributed by atoms with van der Waals surface area (Å²) in [7, 11) is 0. The average Bonchev–Trinajstić information content (AvgIpc) is 3.52. The van der Waals surface area contributed by atoms with Crippen LogP contribution < -0.4 is 4.90 Å². The quantitative estimate of drug-likeness (QED) is 0.192. The van der Waals surface area contributed by atoms with Gasteiger partial charge in [0, 0.05) is 39.3 Å². The Morgan fingerprint density at radius 1 is 0.560 bits per heavy atom. The molecule has 4 nitrogen and oxygen atoms in total. The Kier molecular flexibility index (Phi) is 6.59. The molecule has 2 aromatic heterocycles. The summed E-state index contributed by atoms with van der Waals surface area (Å²) in [5.41, 5.74) is 11.5. The first-order valence-corrected chi connectivity index (χ1v) is 17.2. The second kappa shape index (κ2) is 11.6. The number of hydrogen-bond acceptors (Lipinski definition) is 4. The fourth-order valence-corrected chi connectivity index (χ4v) is 7.50. The van der Waals surface area contributed by atoms with Gasteiger partial charge < -0.3 is 4.42 Å².